The van der Waals surface area contributed by atoms with E-state index in [1.54, 1.807) is 6.20 Å². The van der Waals surface area contributed by atoms with Crippen LogP contribution in [0.1, 0.15) is 67.6 Å². The highest BCUT2D eigenvalue weighted by Crippen LogP contribution is 2.34. The second-order valence-electron chi connectivity index (χ2n) is 12.1. The minimum Gasteiger partial charge on any atom is -0.444 e. The summed E-state index contributed by atoms with van der Waals surface area (Å²) in [6.07, 6.45) is 13.9. The summed E-state index contributed by atoms with van der Waals surface area (Å²) in [5, 5.41) is 3.48. The van der Waals surface area contributed by atoms with E-state index in [1.807, 2.05) is 50.2 Å². The molecule has 0 fully saturated rings. The van der Waals surface area contributed by atoms with Crippen molar-refractivity contribution in [3.05, 3.63) is 107 Å². The third-order valence-electron chi connectivity index (χ3n) is 7.86. The van der Waals surface area contributed by atoms with Gasteiger partial charge in [0.2, 0.25) is 0 Å². The normalized spacial score (nSPS) is 18.8. The van der Waals surface area contributed by atoms with Gasteiger partial charge < -0.3 is 10.1 Å². The van der Waals surface area contributed by atoms with Crippen LogP contribution in [-0.4, -0.2) is 57.1 Å². The molecule has 0 unspecified atom stereocenters. The molecule has 1 aromatic carbocycles. The van der Waals surface area contributed by atoms with Crippen LogP contribution in [0.15, 0.2) is 79.3 Å². The van der Waals surface area contributed by atoms with E-state index < -0.39 is 5.60 Å². The Labute approximate surface area is 244 Å². The molecule has 5 rings (SSSR count). The zero-order valence-electron chi connectivity index (χ0n) is 24.6. The number of hydrogen-bond donors (Lipinski definition) is 1. The Morgan fingerprint density at radius 1 is 1.07 bits per heavy atom. The first-order valence-corrected chi connectivity index (χ1v) is 14.9. The highest BCUT2D eigenvalue weighted by molar-refractivity contribution is 5.69. The average molecular weight is 554 g/mol. The third kappa shape index (κ3) is 7.80. The maximum Gasteiger partial charge on any atom is 0.410 e. The lowest BCUT2D eigenvalue weighted by atomic mass is 9.89. The topological polar surface area (TPSA) is 70.6 Å². The molecule has 0 saturated carbocycles. The van der Waals surface area contributed by atoms with Crippen LogP contribution in [0.3, 0.4) is 0 Å². The van der Waals surface area contributed by atoms with Crippen molar-refractivity contribution in [3.8, 4) is 0 Å². The summed E-state index contributed by atoms with van der Waals surface area (Å²) in [5.74, 6) is 0. The summed E-state index contributed by atoms with van der Waals surface area (Å²) in [7, 11) is 0. The van der Waals surface area contributed by atoms with Gasteiger partial charge in [-0.3, -0.25) is 19.8 Å². The Kier molecular flexibility index (Phi) is 9.47. The first-order chi connectivity index (χ1) is 19.9. The Hall–Kier alpha value is -3.55. The molecular formula is C34H43N5O2. The van der Waals surface area contributed by atoms with Crippen molar-refractivity contribution in [2.75, 3.05) is 19.6 Å². The van der Waals surface area contributed by atoms with Gasteiger partial charge in [-0.2, -0.15) is 0 Å². The molecule has 0 radical (unpaired) electrons. The SMILES string of the molecule is CC(C)(C)OC(=O)N1Cc2ccccc2C[C@@H]1CN(C/C=C/CNCc1cccnc1)[C@H]1CCCc2cccnc21. The Bertz CT molecular complexity index is 1320. The van der Waals surface area contributed by atoms with E-state index in [0.717, 1.165) is 51.9 Å². The number of nitrogens with zero attached hydrogens (tertiary/aromatic N) is 4. The molecule has 0 saturated heterocycles. The van der Waals surface area contributed by atoms with E-state index in [-0.39, 0.29) is 18.2 Å². The minimum absolute atomic E-state index is 0.00550. The molecule has 2 atom stereocenters. The second-order valence-corrected chi connectivity index (χ2v) is 12.1. The van der Waals surface area contributed by atoms with Crippen molar-refractivity contribution in [1.82, 2.24) is 25.1 Å². The molecule has 7 heteroatoms. The Morgan fingerprint density at radius 3 is 2.68 bits per heavy atom. The van der Waals surface area contributed by atoms with Crippen LogP contribution in [-0.2, 0) is 30.7 Å². The number of hydrogen-bond acceptors (Lipinski definition) is 6. The molecule has 2 aromatic heterocycles. The number of fused-ring (bicyclic) bond motifs is 2. The molecule has 7 nitrogen and oxygen atoms in total. The van der Waals surface area contributed by atoms with E-state index in [0.29, 0.717) is 6.54 Å². The molecule has 0 bridgehead atoms. The van der Waals surface area contributed by atoms with Gasteiger partial charge in [0.05, 0.1) is 17.8 Å². The molecule has 1 aliphatic carbocycles. The zero-order chi connectivity index (χ0) is 28.7. The molecule has 41 heavy (non-hydrogen) atoms. The number of carbonyl (C=O) groups is 1. The molecule has 1 amide bonds. The number of rotatable bonds is 9. The van der Waals surface area contributed by atoms with Crippen molar-refractivity contribution in [3.63, 3.8) is 0 Å². The van der Waals surface area contributed by atoms with E-state index in [2.05, 4.69) is 63.8 Å². The molecule has 216 valence electrons. The fourth-order valence-corrected chi connectivity index (χ4v) is 5.92. The van der Waals surface area contributed by atoms with Crippen LogP contribution in [0.2, 0.25) is 0 Å². The lowest BCUT2D eigenvalue weighted by molar-refractivity contribution is 0.00548. The van der Waals surface area contributed by atoms with Crippen LogP contribution >= 0.6 is 0 Å². The molecule has 1 N–H and O–H groups in total. The van der Waals surface area contributed by atoms with E-state index in [1.165, 1.54) is 27.9 Å². The van der Waals surface area contributed by atoms with Crippen molar-refractivity contribution in [1.29, 1.82) is 0 Å². The maximum atomic E-state index is 13.5. The predicted octanol–water partition coefficient (Wildman–Crippen LogP) is 5.86. The van der Waals surface area contributed by atoms with Gasteiger partial charge >= 0.3 is 6.09 Å². The van der Waals surface area contributed by atoms with Gasteiger partial charge in [-0.15, -0.1) is 0 Å². The molecule has 3 aromatic rings. The summed E-state index contributed by atoms with van der Waals surface area (Å²) < 4.78 is 5.90. The van der Waals surface area contributed by atoms with Crippen molar-refractivity contribution in [2.24, 2.45) is 0 Å². The van der Waals surface area contributed by atoms with Crippen molar-refractivity contribution >= 4 is 6.09 Å². The first-order valence-electron chi connectivity index (χ1n) is 14.9. The lowest BCUT2D eigenvalue weighted by Crippen LogP contribution is -2.52. The number of carbonyl (C=O) groups excluding carboxylic acids is 1. The third-order valence-corrected chi connectivity index (χ3v) is 7.86. The zero-order valence-corrected chi connectivity index (χ0v) is 24.6. The number of pyridine rings is 2. The average Bonchev–Trinajstić information content (AvgIpc) is 2.97. The van der Waals surface area contributed by atoms with Gasteiger partial charge in [0, 0.05) is 51.3 Å². The molecule has 3 heterocycles. The van der Waals surface area contributed by atoms with E-state index in [4.69, 9.17) is 9.72 Å². The fraction of sp³-hybridized carbons (Fsp3) is 0.441. The highest BCUT2D eigenvalue weighted by Gasteiger charge is 2.36. The Balaban J connectivity index is 1.35. The molecule has 0 spiro atoms. The van der Waals surface area contributed by atoms with Gasteiger partial charge in [0.1, 0.15) is 5.60 Å². The lowest BCUT2D eigenvalue weighted by Gasteiger charge is -2.42. The van der Waals surface area contributed by atoms with Gasteiger partial charge in [0.15, 0.2) is 0 Å². The summed E-state index contributed by atoms with van der Waals surface area (Å²) in [6.45, 7) is 9.47. The number of nitrogens with one attached hydrogen (secondary N) is 1. The summed E-state index contributed by atoms with van der Waals surface area (Å²) in [5.41, 5.74) is 5.67. The quantitative estimate of drug-likeness (QED) is 0.264. The summed E-state index contributed by atoms with van der Waals surface area (Å²) in [6, 6.07) is 17.0. The van der Waals surface area contributed by atoms with E-state index >= 15 is 0 Å². The Morgan fingerprint density at radius 2 is 1.88 bits per heavy atom. The molecule has 1 aliphatic heterocycles. The second kappa shape index (κ2) is 13.4. The van der Waals surface area contributed by atoms with Crippen LogP contribution in [0, 0.1) is 0 Å². The molecule has 2 aliphatic rings. The van der Waals surface area contributed by atoms with Gasteiger partial charge in [-0.25, -0.2) is 4.79 Å². The smallest absolute Gasteiger partial charge is 0.410 e. The van der Waals surface area contributed by atoms with Crippen molar-refractivity contribution in [2.45, 2.75) is 77.2 Å². The number of ether oxygens (including phenoxy) is 1. The largest absolute Gasteiger partial charge is 0.444 e. The number of aryl methyl sites for hydroxylation is 1. The number of amides is 1. The number of benzene rings is 1. The molecular weight excluding hydrogens is 510 g/mol. The predicted molar refractivity (Wildman–Crippen MR) is 162 cm³/mol. The minimum atomic E-state index is -0.546. The monoisotopic (exact) mass is 553 g/mol. The van der Waals surface area contributed by atoms with Crippen LogP contribution < -0.4 is 5.32 Å². The first kappa shape index (κ1) is 29.0. The summed E-state index contributed by atoms with van der Waals surface area (Å²) >= 11 is 0. The number of aromatic nitrogens is 2. The van der Waals surface area contributed by atoms with Crippen LogP contribution in [0.25, 0.3) is 0 Å². The van der Waals surface area contributed by atoms with E-state index in [9.17, 15) is 4.79 Å². The van der Waals surface area contributed by atoms with Gasteiger partial charge in [-0.05, 0) is 80.8 Å². The van der Waals surface area contributed by atoms with Gasteiger partial charge in [-0.1, -0.05) is 48.6 Å². The fourth-order valence-electron chi connectivity index (χ4n) is 5.92. The van der Waals surface area contributed by atoms with Crippen molar-refractivity contribution < 1.29 is 9.53 Å². The summed E-state index contributed by atoms with van der Waals surface area (Å²) in [4.78, 5) is 27.0. The van der Waals surface area contributed by atoms with Crippen LogP contribution in [0.5, 0.6) is 0 Å². The van der Waals surface area contributed by atoms with Crippen LogP contribution in [0.4, 0.5) is 4.79 Å². The maximum absolute atomic E-state index is 13.5. The standard InChI is InChI=1S/C34H43N5O2/c1-34(2,3)41-33(40)39-24-29-13-5-4-12-28(29)21-30(39)25-38(31-16-8-14-27-15-10-19-37-32(27)31)20-7-6-17-35-22-26-11-9-18-36-23-26/h4-7,9-13,15,18-19,23,30-31,35H,8,14,16-17,20-22,24-25H2,1-3H3/b7-6+/t30-,31+/m1/s1. The highest BCUT2D eigenvalue weighted by atomic mass is 16.6. The van der Waals surface area contributed by atoms with Gasteiger partial charge in [0.25, 0.3) is 0 Å².